The van der Waals surface area contributed by atoms with Crippen LogP contribution in [0.3, 0.4) is 0 Å². The van der Waals surface area contributed by atoms with Crippen molar-refractivity contribution in [3.63, 3.8) is 0 Å². The van der Waals surface area contributed by atoms with Crippen LogP contribution in [0.25, 0.3) is 0 Å². The molecule has 2 heterocycles. The first kappa shape index (κ1) is 17.5. The highest BCUT2D eigenvalue weighted by Crippen LogP contribution is 2.42. The van der Waals surface area contributed by atoms with Gasteiger partial charge in [0, 0.05) is 19.1 Å². The third-order valence-electron chi connectivity index (χ3n) is 5.66. The average Bonchev–Trinajstić information content (AvgIpc) is 2.56. The number of rotatable bonds is 4. The average molecular weight is 353 g/mol. The maximum absolute atomic E-state index is 12.0. The second kappa shape index (κ2) is 6.90. The highest BCUT2D eigenvalue weighted by molar-refractivity contribution is 6.32. The number of piperidine rings is 2. The molecular formula is C18H25ClN2O3. The van der Waals surface area contributed by atoms with Gasteiger partial charge in [-0.1, -0.05) is 17.7 Å². The monoisotopic (exact) mass is 352 g/mol. The smallest absolute Gasteiger partial charge is 0.311 e. The summed E-state index contributed by atoms with van der Waals surface area (Å²) in [5.41, 5.74) is 0.545. The number of benzene rings is 1. The molecule has 2 aliphatic rings. The number of methoxy groups -OCH3 is 1. The first-order valence-electron chi connectivity index (χ1n) is 8.45. The zero-order valence-electron chi connectivity index (χ0n) is 14.3. The molecule has 1 aromatic carbocycles. The Bertz CT molecular complexity index is 624. The topological polar surface area (TPSA) is 53.0 Å². The van der Waals surface area contributed by atoms with E-state index in [2.05, 4.69) is 16.8 Å². The molecule has 2 fully saturated rings. The molecule has 0 spiro atoms. The predicted molar refractivity (Wildman–Crippen MR) is 93.6 cm³/mol. The first-order chi connectivity index (χ1) is 11.5. The van der Waals surface area contributed by atoms with Crippen molar-refractivity contribution in [3.05, 3.63) is 28.8 Å². The van der Waals surface area contributed by atoms with Crippen LogP contribution in [0.2, 0.25) is 5.02 Å². The van der Waals surface area contributed by atoms with Crippen molar-refractivity contribution in [2.45, 2.75) is 31.8 Å². The maximum atomic E-state index is 12.0. The molecule has 6 heteroatoms. The van der Waals surface area contributed by atoms with Crippen molar-refractivity contribution < 1.29 is 14.6 Å². The van der Waals surface area contributed by atoms with Crippen LogP contribution in [0.1, 0.15) is 24.8 Å². The van der Waals surface area contributed by atoms with Gasteiger partial charge in [-0.15, -0.1) is 0 Å². The normalized spacial score (nSPS) is 28.4. The molecule has 0 saturated carbocycles. The number of ether oxygens (including phenoxy) is 1. The largest absolute Gasteiger partial charge is 0.495 e. The molecule has 24 heavy (non-hydrogen) atoms. The van der Waals surface area contributed by atoms with Gasteiger partial charge in [0.15, 0.2) is 0 Å². The van der Waals surface area contributed by atoms with Gasteiger partial charge < -0.3 is 14.7 Å². The number of fused-ring (bicyclic) bond motifs is 1. The number of halogens is 1. The van der Waals surface area contributed by atoms with Gasteiger partial charge in [-0.05, 0) is 57.1 Å². The Morgan fingerprint density at radius 3 is 2.88 bits per heavy atom. The number of likely N-dealkylation sites (tertiary alicyclic amines) is 2. The van der Waals surface area contributed by atoms with Gasteiger partial charge in [-0.3, -0.25) is 9.69 Å². The third kappa shape index (κ3) is 3.13. The summed E-state index contributed by atoms with van der Waals surface area (Å²) in [4.78, 5) is 16.5. The van der Waals surface area contributed by atoms with Gasteiger partial charge in [0.05, 0.1) is 17.5 Å². The van der Waals surface area contributed by atoms with Crippen LogP contribution >= 0.6 is 11.6 Å². The number of hydrogen-bond donors (Lipinski definition) is 1. The highest BCUT2D eigenvalue weighted by Gasteiger charge is 2.52. The molecule has 2 aliphatic heterocycles. The van der Waals surface area contributed by atoms with Crippen molar-refractivity contribution in [1.82, 2.24) is 9.80 Å². The molecular weight excluding hydrogens is 328 g/mol. The number of carbonyl (C=O) groups is 1. The Morgan fingerprint density at radius 1 is 1.42 bits per heavy atom. The third-order valence-corrected chi connectivity index (χ3v) is 5.95. The van der Waals surface area contributed by atoms with Crippen LogP contribution < -0.4 is 4.74 Å². The van der Waals surface area contributed by atoms with Crippen LogP contribution in [0, 0.1) is 5.41 Å². The molecule has 2 atom stereocenters. The SMILES string of the molecule is COc1ccc(CN2CC[C@@]3(C(=O)O)CCCN(C)[C@H]3C2)cc1Cl. The lowest BCUT2D eigenvalue weighted by molar-refractivity contribution is -0.162. The van der Waals surface area contributed by atoms with Gasteiger partial charge in [-0.2, -0.15) is 0 Å². The number of carboxylic acids is 1. The predicted octanol–water partition coefficient (Wildman–Crippen LogP) is 2.72. The highest BCUT2D eigenvalue weighted by atomic mass is 35.5. The minimum atomic E-state index is -0.633. The Labute approximate surface area is 148 Å². The number of likely N-dealkylation sites (N-methyl/N-ethyl adjacent to an activating group) is 1. The van der Waals surface area contributed by atoms with E-state index in [4.69, 9.17) is 16.3 Å². The lowest BCUT2D eigenvalue weighted by Crippen LogP contribution is -2.62. The Balaban J connectivity index is 1.74. The Kier molecular flexibility index (Phi) is 5.04. The number of hydrogen-bond acceptors (Lipinski definition) is 4. The van der Waals surface area contributed by atoms with Gasteiger partial charge in [-0.25, -0.2) is 0 Å². The van der Waals surface area contributed by atoms with Gasteiger partial charge in [0.1, 0.15) is 5.75 Å². The minimum absolute atomic E-state index is 0.0752. The summed E-state index contributed by atoms with van der Waals surface area (Å²) in [6.45, 7) is 3.35. The van der Waals surface area contributed by atoms with Crippen LogP contribution in [0.4, 0.5) is 0 Å². The second-order valence-electron chi connectivity index (χ2n) is 7.02. The molecule has 0 aliphatic carbocycles. The molecule has 5 nitrogen and oxygen atoms in total. The molecule has 1 aromatic rings. The fourth-order valence-electron chi connectivity index (χ4n) is 4.25. The van der Waals surface area contributed by atoms with Crippen molar-refractivity contribution in [2.75, 3.05) is 33.8 Å². The van der Waals surface area contributed by atoms with Crippen LogP contribution in [0.15, 0.2) is 18.2 Å². The molecule has 3 rings (SSSR count). The summed E-state index contributed by atoms with van der Waals surface area (Å²) in [6.07, 6.45) is 2.47. The molecule has 0 unspecified atom stereocenters. The number of aliphatic carboxylic acids is 1. The van der Waals surface area contributed by atoms with E-state index in [1.165, 1.54) is 0 Å². The van der Waals surface area contributed by atoms with Crippen LogP contribution in [-0.2, 0) is 11.3 Å². The fourth-order valence-corrected chi connectivity index (χ4v) is 4.53. The zero-order valence-corrected chi connectivity index (χ0v) is 15.1. The summed E-state index contributed by atoms with van der Waals surface area (Å²) in [5, 5.41) is 10.4. The number of carboxylic acid groups (broad SMARTS) is 1. The van der Waals surface area contributed by atoms with Crippen molar-refractivity contribution in [3.8, 4) is 5.75 Å². The molecule has 132 valence electrons. The second-order valence-corrected chi connectivity index (χ2v) is 7.42. The van der Waals surface area contributed by atoms with Gasteiger partial charge in [0.2, 0.25) is 0 Å². The summed E-state index contributed by atoms with van der Waals surface area (Å²) in [6, 6.07) is 5.92. The van der Waals surface area contributed by atoms with E-state index in [0.29, 0.717) is 17.2 Å². The van der Waals surface area contributed by atoms with Crippen molar-refractivity contribution in [1.29, 1.82) is 0 Å². The van der Waals surface area contributed by atoms with E-state index in [1.807, 2.05) is 18.2 Å². The molecule has 2 saturated heterocycles. The molecule has 0 bridgehead atoms. The van der Waals surface area contributed by atoms with Gasteiger partial charge in [0.25, 0.3) is 0 Å². The van der Waals surface area contributed by atoms with E-state index < -0.39 is 11.4 Å². The summed E-state index contributed by atoms with van der Waals surface area (Å²) in [7, 11) is 3.66. The molecule has 1 N–H and O–H groups in total. The van der Waals surface area contributed by atoms with E-state index in [-0.39, 0.29) is 6.04 Å². The van der Waals surface area contributed by atoms with E-state index >= 15 is 0 Å². The summed E-state index contributed by atoms with van der Waals surface area (Å²) in [5.74, 6) is 0.0437. The van der Waals surface area contributed by atoms with E-state index in [1.54, 1.807) is 7.11 Å². The summed E-state index contributed by atoms with van der Waals surface area (Å²) >= 11 is 6.22. The maximum Gasteiger partial charge on any atom is 0.311 e. The Hall–Kier alpha value is -1.30. The lowest BCUT2D eigenvalue weighted by Gasteiger charge is -2.51. The minimum Gasteiger partial charge on any atom is -0.495 e. The van der Waals surface area contributed by atoms with Crippen LogP contribution in [0.5, 0.6) is 5.75 Å². The first-order valence-corrected chi connectivity index (χ1v) is 8.82. The molecule has 0 amide bonds. The van der Waals surface area contributed by atoms with Gasteiger partial charge >= 0.3 is 5.97 Å². The number of nitrogens with zero attached hydrogens (tertiary/aromatic N) is 2. The fraction of sp³-hybridized carbons (Fsp3) is 0.611. The van der Waals surface area contributed by atoms with Crippen LogP contribution in [-0.4, -0.2) is 60.7 Å². The standard InChI is InChI=1S/C18H25ClN2O3/c1-20-8-3-6-18(17(22)23)7-9-21(12-16(18)20)11-13-4-5-15(24-2)14(19)10-13/h4-5,10,16H,3,6-9,11-12H2,1-2H3,(H,22,23)/t16-,18-/m0/s1. The Morgan fingerprint density at radius 2 is 2.21 bits per heavy atom. The lowest BCUT2D eigenvalue weighted by atomic mass is 9.68. The quantitative estimate of drug-likeness (QED) is 0.903. The van der Waals surface area contributed by atoms with E-state index in [0.717, 1.165) is 44.6 Å². The van der Waals surface area contributed by atoms with Crippen molar-refractivity contribution >= 4 is 17.6 Å². The summed E-state index contributed by atoms with van der Waals surface area (Å²) < 4.78 is 5.20. The zero-order chi connectivity index (χ0) is 17.3. The van der Waals surface area contributed by atoms with E-state index in [9.17, 15) is 9.90 Å². The molecule has 0 aromatic heterocycles. The molecule has 0 radical (unpaired) electrons. The van der Waals surface area contributed by atoms with Crippen molar-refractivity contribution in [2.24, 2.45) is 5.41 Å².